The van der Waals surface area contributed by atoms with E-state index in [1.807, 2.05) is 5.38 Å². The van der Waals surface area contributed by atoms with Gasteiger partial charge in [-0.25, -0.2) is 13.4 Å². The molecule has 2 heterocycles. The molecule has 0 fully saturated rings. The van der Waals surface area contributed by atoms with Crippen LogP contribution in [0.1, 0.15) is 16.8 Å². The van der Waals surface area contributed by atoms with Crippen LogP contribution in [0.2, 0.25) is 0 Å². The molecule has 0 aliphatic carbocycles. The third-order valence-electron chi connectivity index (χ3n) is 4.22. The van der Waals surface area contributed by atoms with Crippen LogP contribution in [-0.2, 0) is 10.0 Å². The van der Waals surface area contributed by atoms with E-state index in [0.717, 1.165) is 18.2 Å². The van der Waals surface area contributed by atoms with Crippen molar-refractivity contribution in [3.8, 4) is 22.8 Å². The van der Waals surface area contributed by atoms with Gasteiger partial charge in [0.05, 0.1) is 25.2 Å². The molecule has 4 rings (SSSR count). The van der Waals surface area contributed by atoms with Gasteiger partial charge in [-0.15, -0.1) is 11.3 Å². The first-order chi connectivity index (χ1) is 14.4. The highest BCUT2D eigenvalue weighted by Crippen LogP contribution is 2.31. The summed E-state index contributed by atoms with van der Waals surface area (Å²) in [7, 11) is -3.33. The van der Waals surface area contributed by atoms with Crippen molar-refractivity contribution in [2.24, 2.45) is 0 Å². The molecule has 1 amide bonds. The Morgan fingerprint density at radius 1 is 1.07 bits per heavy atom. The topological polar surface area (TPSA) is 107 Å². The van der Waals surface area contributed by atoms with Crippen molar-refractivity contribution >= 4 is 38.1 Å². The summed E-state index contributed by atoms with van der Waals surface area (Å²) in [6.07, 6.45) is 1.89. The second-order valence-electron chi connectivity index (χ2n) is 6.66. The predicted molar refractivity (Wildman–Crippen MR) is 116 cm³/mol. The number of anilines is 2. The number of benzene rings is 2. The molecular formula is C20H19N3O5S2. The summed E-state index contributed by atoms with van der Waals surface area (Å²) in [5.41, 5.74) is 2.41. The number of hydrogen-bond acceptors (Lipinski definition) is 7. The number of rotatable bonds is 5. The number of carbonyl (C=O) groups is 1. The summed E-state index contributed by atoms with van der Waals surface area (Å²) < 4.78 is 36.2. The molecule has 0 bridgehead atoms. The number of thiazole rings is 1. The normalized spacial score (nSPS) is 13.4. The molecule has 1 aromatic heterocycles. The van der Waals surface area contributed by atoms with Gasteiger partial charge in [-0.2, -0.15) is 0 Å². The molecule has 30 heavy (non-hydrogen) atoms. The lowest BCUT2D eigenvalue weighted by molar-refractivity contribution is 0.102. The third-order valence-corrected chi connectivity index (χ3v) is 5.58. The van der Waals surface area contributed by atoms with E-state index in [1.54, 1.807) is 42.5 Å². The van der Waals surface area contributed by atoms with Gasteiger partial charge in [-0.1, -0.05) is 12.1 Å². The summed E-state index contributed by atoms with van der Waals surface area (Å²) in [5, 5.41) is 5.07. The van der Waals surface area contributed by atoms with Gasteiger partial charge in [0.2, 0.25) is 10.0 Å². The van der Waals surface area contributed by atoms with Gasteiger partial charge in [-0.05, 0) is 30.3 Å². The average molecular weight is 446 g/mol. The standard InChI is InChI=1S/C20H19N3O5S2/c1-30(25,26)23-15-6-3-13(4-7-15)16-12-29-20(21-16)22-19(24)14-5-8-17-18(11-14)28-10-2-9-27-17/h3-8,11-12,23H,2,9-10H2,1H3,(H,21,22,24). The molecule has 0 saturated carbocycles. The molecule has 0 atom stereocenters. The molecule has 1 aliphatic heterocycles. The van der Waals surface area contributed by atoms with E-state index in [2.05, 4.69) is 15.0 Å². The SMILES string of the molecule is CS(=O)(=O)Nc1ccc(-c2csc(NC(=O)c3ccc4c(c3)OCCCO4)n2)cc1. The Morgan fingerprint density at radius 3 is 2.53 bits per heavy atom. The molecule has 2 N–H and O–H groups in total. The molecule has 0 spiro atoms. The molecule has 0 saturated heterocycles. The van der Waals surface area contributed by atoms with E-state index in [-0.39, 0.29) is 5.91 Å². The zero-order chi connectivity index (χ0) is 21.1. The van der Waals surface area contributed by atoms with Gasteiger partial charge < -0.3 is 9.47 Å². The van der Waals surface area contributed by atoms with Gasteiger partial charge in [-0.3, -0.25) is 14.8 Å². The van der Waals surface area contributed by atoms with Crippen LogP contribution < -0.4 is 19.5 Å². The molecule has 156 valence electrons. The first kappa shape index (κ1) is 20.2. The van der Waals surface area contributed by atoms with Crippen LogP contribution in [0.15, 0.2) is 47.8 Å². The molecule has 0 radical (unpaired) electrons. The Balaban J connectivity index is 1.45. The van der Waals surface area contributed by atoms with Crippen molar-refractivity contribution in [3.05, 3.63) is 53.4 Å². The quantitative estimate of drug-likeness (QED) is 0.622. The van der Waals surface area contributed by atoms with Crippen molar-refractivity contribution in [1.29, 1.82) is 0 Å². The Kier molecular flexibility index (Phi) is 5.60. The zero-order valence-corrected chi connectivity index (χ0v) is 17.7. The fourth-order valence-electron chi connectivity index (χ4n) is 2.86. The van der Waals surface area contributed by atoms with E-state index in [9.17, 15) is 13.2 Å². The lowest BCUT2D eigenvalue weighted by Gasteiger charge is -2.09. The van der Waals surface area contributed by atoms with Crippen molar-refractivity contribution in [1.82, 2.24) is 4.98 Å². The van der Waals surface area contributed by atoms with Crippen LogP contribution in [0.3, 0.4) is 0 Å². The first-order valence-corrected chi connectivity index (χ1v) is 11.9. The number of nitrogens with zero attached hydrogens (tertiary/aromatic N) is 1. The zero-order valence-electron chi connectivity index (χ0n) is 16.0. The van der Waals surface area contributed by atoms with Crippen LogP contribution in [0.25, 0.3) is 11.3 Å². The lowest BCUT2D eigenvalue weighted by atomic mass is 10.1. The van der Waals surface area contributed by atoms with Crippen molar-refractivity contribution in [3.63, 3.8) is 0 Å². The minimum atomic E-state index is -3.33. The number of aromatic nitrogens is 1. The van der Waals surface area contributed by atoms with E-state index in [1.165, 1.54) is 11.3 Å². The van der Waals surface area contributed by atoms with E-state index >= 15 is 0 Å². The summed E-state index contributed by atoms with van der Waals surface area (Å²) in [6, 6.07) is 11.9. The lowest BCUT2D eigenvalue weighted by Crippen LogP contribution is -2.12. The largest absolute Gasteiger partial charge is 0.490 e. The molecule has 3 aromatic rings. The summed E-state index contributed by atoms with van der Waals surface area (Å²) in [6.45, 7) is 1.14. The maximum Gasteiger partial charge on any atom is 0.257 e. The highest BCUT2D eigenvalue weighted by atomic mass is 32.2. The summed E-state index contributed by atoms with van der Waals surface area (Å²) in [5.74, 6) is 0.899. The van der Waals surface area contributed by atoms with E-state index < -0.39 is 10.0 Å². The van der Waals surface area contributed by atoms with Gasteiger partial charge >= 0.3 is 0 Å². The highest BCUT2D eigenvalue weighted by Gasteiger charge is 2.15. The maximum absolute atomic E-state index is 12.6. The second-order valence-corrected chi connectivity index (χ2v) is 9.26. The van der Waals surface area contributed by atoms with E-state index in [4.69, 9.17) is 9.47 Å². The minimum Gasteiger partial charge on any atom is -0.490 e. The third kappa shape index (κ3) is 4.89. The van der Waals surface area contributed by atoms with Crippen LogP contribution >= 0.6 is 11.3 Å². The Labute approximate surface area is 177 Å². The monoisotopic (exact) mass is 445 g/mol. The molecule has 10 heteroatoms. The maximum atomic E-state index is 12.6. The molecular weight excluding hydrogens is 426 g/mol. The fourth-order valence-corrected chi connectivity index (χ4v) is 4.14. The van der Waals surface area contributed by atoms with Crippen LogP contribution in [0, 0.1) is 0 Å². The van der Waals surface area contributed by atoms with Gasteiger partial charge in [0.1, 0.15) is 0 Å². The number of carbonyl (C=O) groups excluding carboxylic acids is 1. The average Bonchev–Trinajstić information content (AvgIpc) is 3.03. The second kappa shape index (κ2) is 8.33. The van der Waals surface area contributed by atoms with Crippen LogP contribution in [0.5, 0.6) is 11.5 Å². The van der Waals surface area contributed by atoms with Crippen molar-refractivity contribution < 1.29 is 22.7 Å². The van der Waals surface area contributed by atoms with Crippen LogP contribution in [0.4, 0.5) is 10.8 Å². The Hall–Kier alpha value is -3.11. The smallest absolute Gasteiger partial charge is 0.257 e. The van der Waals surface area contributed by atoms with Gasteiger partial charge in [0.25, 0.3) is 5.91 Å². The summed E-state index contributed by atoms with van der Waals surface area (Å²) in [4.78, 5) is 17.0. The van der Waals surface area contributed by atoms with E-state index in [0.29, 0.717) is 46.8 Å². The molecule has 2 aromatic carbocycles. The minimum absolute atomic E-state index is 0.292. The molecule has 8 nitrogen and oxygen atoms in total. The predicted octanol–water partition coefficient (Wildman–Crippen LogP) is 3.60. The highest BCUT2D eigenvalue weighted by molar-refractivity contribution is 7.92. The number of hydrogen-bond donors (Lipinski definition) is 2. The van der Waals surface area contributed by atoms with Gasteiger partial charge in [0, 0.05) is 28.6 Å². The Morgan fingerprint density at radius 2 is 1.80 bits per heavy atom. The fraction of sp³-hybridized carbons (Fsp3) is 0.200. The van der Waals surface area contributed by atoms with Gasteiger partial charge in [0.15, 0.2) is 16.6 Å². The summed E-state index contributed by atoms with van der Waals surface area (Å²) >= 11 is 1.30. The number of nitrogens with one attached hydrogen (secondary N) is 2. The number of fused-ring (bicyclic) bond motifs is 1. The number of amides is 1. The Bertz CT molecular complexity index is 1170. The number of ether oxygens (including phenoxy) is 2. The molecule has 0 unspecified atom stereocenters. The number of sulfonamides is 1. The molecule has 1 aliphatic rings. The van der Waals surface area contributed by atoms with Crippen molar-refractivity contribution in [2.75, 3.05) is 29.5 Å². The van der Waals surface area contributed by atoms with Crippen LogP contribution in [-0.4, -0.2) is 38.8 Å². The van der Waals surface area contributed by atoms with Crippen molar-refractivity contribution in [2.45, 2.75) is 6.42 Å². The first-order valence-electron chi connectivity index (χ1n) is 9.12.